The fourth-order valence-corrected chi connectivity index (χ4v) is 6.51. The topological polar surface area (TPSA) is 68.7 Å². The van der Waals surface area contributed by atoms with E-state index in [2.05, 4.69) is 107 Å². The molecule has 7 rings (SSSR count). The van der Waals surface area contributed by atoms with E-state index in [1.54, 1.807) is 0 Å². The van der Waals surface area contributed by atoms with Gasteiger partial charge >= 0.3 is 21.1 Å². The van der Waals surface area contributed by atoms with Crippen molar-refractivity contribution in [3.63, 3.8) is 0 Å². The molecule has 0 unspecified atom stereocenters. The molecular formula is C43H39N5OPt. The van der Waals surface area contributed by atoms with E-state index < -0.39 is 0 Å². The quantitative estimate of drug-likeness (QED) is 0.162. The van der Waals surface area contributed by atoms with Crippen molar-refractivity contribution >= 4 is 21.8 Å². The molecule has 0 N–H and O–H groups in total. The maximum absolute atomic E-state index is 9.66. The Balaban J connectivity index is 0.00000432. The van der Waals surface area contributed by atoms with E-state index in [1.165, 1.54) is 22.3 Å². The van der Waals surface area contributed by atoms with Gasteiger partial charge in [-0.2, -0.15) is 11.3 Å². The summed E-state index contributed by atoms with van der Waals surface area (Å²) in [5, 5.41) is 11.6. The number of aromatic nitrogens is 4. The van der Waals surface area contributed by atoms with Gasteiger partial charge in [-0.15, -0.1) is 41.3 Å². The van der Waals surface area contributed by atoms with Gasteiger partial charge in [-0.25, -0.2) is 4.98 Å². The Hall–Kier alpha value is -4.98. The van der Waals surface area contributed by atoms with Crippen LogP contribution in [-0.4, -0.2) is 19.1 Å². The first-order valence-electron chi connectivity index (χ1n) is 16.6. The number of aryl methyl sites for hydroxylation is 2. The third kappa shape index (κ3) is 6.39. The molecule has 0 saturated carbocycles. The Bertz CT molecular complexity index is 2410. The molecule has 50 heavy (non-hydrogen) atoms. The number of benzene rings is 4. The van der Waals surface area contributed by atoms with Crippen molar-refractivity contribution in [3.8, 4) is 40.5 Å². The number of fused-ring (bicyclic) bond motifs is 3. The van der Waals surface area contributed by atoms with Gasteiger partial charge in [-0.3, -0.25) is 4.98 Å². The molecule has 0 aliphatic carbocycles. The van der Waals surface area contributed by atoms with Crippen molar-refractivity contribution in [1.82, 2.24) is 19.1 Å². The first-order chi connectivity index (χ1) is 23.3. The van der Waals surface area contributed by atoms with Gasteiger partial charge in [-0.1, -0.05) is 65.3 Å². The zero-order valence-corrected chi connectivity index (χ0v) is 31.9. The number of nitrogens with zero attached hydrogens (tertiary/aromatic N) is 5. The molecule has 7 heteroatoms. The third-order valence-corrected chi connectivity index (χ3v) is 9.09. The van der Waals surface area contributed by atoms with E-state index >= 15 is 0 Å². The molecule has 0 saturated heterocycles. The van der Waals surface area contributed by atoms with E-state index in [0.29, 0.717) is 17.1 Å². The molecule has 6 nitrogen and oxygen atoms in total. The molecular weight excluding hydrogens is 798 g/mol. The van der Waals surface area contributed by atoms with Crippen molar-refractivity contribution in [2.24, 2.45) is 0 Å². The van der Waals surface area contributed by atoms with Gasteiger partial charge in [-0.05, 0) is 82.6 Å². The Morgan fingerprint density at radius 1 is 0.740 bits per heavy atom. The summed E-state index contributed by atoms with van der Waals surface area (Å²) in [6.45, 7) is 17.6. The van der Waals surface area contributed by atoms with E-state index in [0.717, 1.165) is 44.7 Å². The molecule has 3 heterocycles. The van der Waals surface area contributed by atoms with Crippen LogP contribution in [0.25, 0.3) is 44.7 Å². The number of ether oxygens (including phenoxy) is 1. The molecule has 0 spiro atoms. The molecule has 0 atom stereocenters. The minimum Gasteiger partial charge on any atom is -0.503 e. The summed E-state index contributed by atoms with van der Waals surface area (Å²) in [5.41, 5.74) is 9.19. The summed E-state index contributed by atoms with van der Waals surface area (Å²) >= 11 is 0. The maximum Gasteiger partial charge on any atom is 2.00 e. The van der Waals surface area contributed by atoms with Gasteiger partial charge in [0.1, 0.15) is 5.82 Å². The largest absolute Gasteiger partial charge is 2.00 e. The van der Waals surface area contributed by atoms with Crippen LogP contribution in [0.5, 0.6) is 11.5 Å². The zero-order chi connectivity index (χ0) is 34.7. The second kappa shape index (κ2) is 13.0. The Morgan fingerprint density at radius 3 is 2.16 bits per heavy atom. The SMILES string of the molecule is Cc1cc(C(C)(C)C)cc(C)c1-n1ccnc1-c1[c-]c(Oc2[c-]c3c(cc2)c2cc(C#N)ccc2n3-c2cc(C(C)(C)C)ccn2)ccc1.[Pt+2]. The average molecular weight is 837 g/mol. The summed E-state index contributed by atoms with van der Waals surface area (Å²) in [6.07, 6.45) is 5.68. The molecule has 0 aliphatic heterocycles. The van der Waals surface area contributed by atoms with E-state index in [9.17, 15) is 5.26 Å². The Kier molecular flexibility index (Phi) is 9.10. The minimum absolute atomic E-state index is 0. The minimum atomic E-state index is -0.0503. The van der Waals surface area contributed by atoms with Gasteiger partial charge in [0.05, 0.1) is 17.5 Å². The summed E-state index contributed by atoms with van der Waals surface area (Å²) in [7, 11) is 0. The number of pyridine rings is 1. The van der Waals surface area contributed by atoms with E-state index in [4.69, 9.17) is 14.7 Å². The van der Waals surface area contributed by atoms with Crippen LogP contribution in [0.1, 0.15) is 69.4 Å². The molecule has 7 aromatic rings. The molecule has 3 aromatic heterocycles. The predicted molar refractivity (Wildman–Crippen MR) is 197 cm³/mol. The monoisotopic (exact) mass is 836 g/mol. The summed E-state index contributed by atoms with van der Waals surface area (Å²) in [6, 6.07) is 33.5. The second-order valence-electron chi connectivity index (χ2n) is 14.8. The second-order valence-corrected chi connectivity index (χ2v) is 14.8. The molecule has 252 valence electrons. The van der Waals surface area contributed by atoms with Crippen LogP contribution in [-0.2, 0) is 31.9 Å². The number of hydrogen-bond acceptors (Lipinski definition) is 4. The molecule has 4 aromatic carbocycles. The summed E-state index contributed by atoms with van der Waals surface area (Å²) in [5.74, 6) is 2.68. The molecule has 0 bridgehead atoms. The predicted octanol–water partition coefficient (Wildman–Crippen LogP) is 10.5. The first-order valence-corrected chi connectivity index (χ1v) is 16.6. The van der Waals surface area contributed by atoms with Gasteiger partial charge < -0.3 is 13.9 Å². The van der Waals surface area contributed by atoms with Crippen LogP contribution < -0.4 is 4.74 Å². The van der Waals surface area contributed by atoms with Gasteiger partial charge in [0, 0.05) is 41.3 Å². The standard InChI is InChI=1S/C43H39N5O.Pt/c1-27-20-32(43(6,7)8)21-28(2)40(27)47-19-18-46-41(47)30-10-9-11-33(23-30)49-34-13-14-35-36-22-29(26-44)12-15-37(36)48(38(35)25-34)39-24-31(16-17-45-39)42(3,4)5;/h9-22,24H,1-8H3;/q-2;+2. The van der Waals surface area contributed by atoms with E-state index in [1.807, 2.05) is 67.1 Å². The number of rotatable bonds is 5. The van der Waals surface area contributed by atoms with Gasteiger partial charge in [0.25, 0.3) is 0 Å². The average Bonchev–Trinajstić information content (AvgIpc) is 3.66. The Morgan fingerprint density at radius 2 is 1.46 bits per heavy atom. The van der Waals surface area contributed by atoms with Crippen molar-refractivity contribution in [1.29, 1.82) is 5.26 Å². The van der Waals surface area contributed by atoms with Crippen LogP contribution >= 0.6 is 0 Å². The molecule has 0 aliphatic rings. The molecule has 0 amide bonds. The fraction of sp³-hybridized carbons (Fsp3) is 0.233. The van der Waals surface area contributed by atoms with Crippen LogP contribution in [0.3, 0.4) is 0 Å². The Labute approximate surface area is 308 Å². The molecule has 0 fully saturated rings. The van der Waals surface area contributed by atoms with Gasteiger partial charge in [0.15, 0.2) is 0 Å². The number of hydrogen-bond donors (Lipinski definition) is 0. The number of nitriles is 1. The van der Waals surface area contributed by atoms with Crippen molar-refractivity contribution in [2.45, 2.75) is 66.2 Å². The summed E-state index contributed by atoms with van der Waals surface area (Å²) < 4.78 is 10.7. The normalized spacial score (nSPS) is 11.8. The zero-order valence-electron chi connectivity index (χ0n) is 29.6. The van der Waals surface area contributed by atoms with Crippen molar-refractivity contribution < 1.29 is 25.8 Å². The smallest absolute Gasteiger partial charge is 0.503 e. The van der Waals surface area contributed by atoms with Crippen LogP contribution in [0, 0.1) is 37.3 Å². The van der Waals surface area contributed by atoms with Crippen LogP contribution in [0.4, 0.5) is 0 Å². The molecule has 0 radical (unpaired) electrons. The van der Waals surface area contributed by atoms with Crippen molar-refractivity contribution in [2.75, 3.05) is 0 Å². The van der Waals surface area contributed by atoms with Gasteiger partial charge in [0.2, 0.25) is 0 Å². The fourth-order valence-electron chi connectivity index (χ4n) is 6.51. The first kappa shape index (κ1) is 34.9. The van der Waals surface area contributed by atoms with E-state index in [-0.39, 0.29) is 31.9 Å². The van der Waals surface area contributed by atoms with Crippen LogP contribution in [0.2, 0.25) is 0 Å². The maximum atomic E-state index is 9.66. The van der Waals surface area contributed by atoms with Crippen molar-refractivity contribution in [3.05, 3.63) is 131 Å². The summed E-state index contributed by atoms with van der Waals surface area (Å²) in [4.78, 5) is 9.52. The third-order valence-electron chi connectivity index (χ3n) is 9.09. The number of imidazole rings is 1. The van der Waals surface area contributed by atoms with Crippen LogP contribution in [0.15, 0.2) is 91.4 Å².